The van der Waals surface area contributed by atoms with Crippen molar-refractivity contribution in [3.05, 3.63) is 62.6 Å². The molecule has 0 bridgehead atoms. The number of hydrogen-bond acceptors (Lipinski definition) is 4. The van der Waals surface area contributed by atoms with Crippen LogP contribution in [0.25, 0.3) is 0 Å². The number of halogens is 1. The van der Waals surface area contributed by atoms with Crippen molar-refractivity contribution in [2.75, 3.05) is 5.32 Å². The number of carbonyl (C=O) groups excluding carboxylic acids is 1. The summed E-state index contributed by atoms with van der Waals surface area (Å²) in [6.07, 6.45) is -0.713. The van der Waals surface area contributed by atoms with Crippen LogP contribution in [0.3, 0.4) is 0 Å². The van der Waals surface area contributed by atoms with Crippen LogP contribution in [0.2, 0.25) is 0 Å². The van der Waals surface area contributed by atoms with Crippen molar-refractivity contribution < 1.29 is 14.5 Å². The van der Waals surface area contributed by atoms with E-state index in [-0.39, 0.29) is 5.69 Å². The monoisotopic (exact) mass is 350 g/mol. The Hall–Kier alpha value is -2.41. The van der Waals surface area contributed by atoms with Gasteiger partial charge in [-0.15, -0.1) is 0 Å². The van der Waals surface area contributed by atoms with Crippen LogP contribution in [0.1, 0.15) is 5.56 Å². The van der Waals surface area contributed by atoms with Gasteiger partial charge >= 0.3 is 6.09 Å². The Kier molecular flexibility index (Phi) is 4.54. The van der Waals surface area contributed by atoms with E-state index in [0.717, 1.165) is 4.47 Å². The fourth-order valence-electron chi connectivity index (χ4n) is 1.64. The second-order valence-electron chi connectivity index (χ2n) is 4.23. The highest BCUT2D eigenvalue weighted by Crippen LogP contribution is 2.23. The molecule has 2 aromatic rings. The van der Waals surface area contributed by atoms with Crippen LogP contribution < -0.4 is 10.1 Å². The van der Waals surface area contributed by atoms with Crippen molar-refractivity contribution in [2.24, 2.45) is 0 Å². The minimum absolute atomic E-state index is 0.0589. The molecule has 0 radical (unpaired) electrons. The molecule has 0 aliphatic rings. The van der Waals surface area contributed by atoms with E-state index in [1.54, 1.807) is 43.3 Å². The molecule has 108 valence electrons. The molecule has 0 fully saturated rings. The molecule has 0 aromatic heterocycles. The Labute approximate surface area is 129 Å². The van der Waals surface area contributed by atoms with E-state index >= 15 is 0 Å². The number of benzene rings is 2. The maximum absolute atomic E-state index is 11.7. The van der Waals surface area contributed by atoms with Gasteiger partial charge in [0.05, 0.1) is 10.6 Å². The van der Waals surface area contributed by atoms with E-state index in [1.807, 2.05) is 0 Å². The molecule has 0 heterocycles. The molecule has 0 atom stereocenters. The Bertz CT molecular complexity index is 686. The second kappa shape index (κ2) is 6.36. The van der Waals surface area contributed by atoms with Crippen molar-refractivity contribution in [3.63, 3.8) is 0 Å². The molecule has 1 amide bonds. The topological polar surface area (TPSA) is 81.5 Å². The molecule has 0 saturated carbocycles. The van der Waals surface area contributed by atoms with Crippen LogP contribution in [0.15, 0.2) is 46.9 Å². The number of ether oxygens (including phenoxy) is 1. The van der Waals surface area contributed by atoms with Crippen molar-refractivity contribution >= 4 is 33.4 Å². The number of nitrogens with zero attached hydrogens (tertiary/aromatic N) is 1. The summed E-state index contributed by atoms with van der Waals surface area (Å²) in [6, 6.07) is 11.2. The molecule has 2 aromatic carbocycles. The van der Waals surface area contributed by atoms with Gasteiger partial charge in [0.25, 0.3) is 5.69 Å². The molecular formula is C14H11BrN2O4. The first-order chi connectivity index (χ1) is 9.95. The highest BCUT2D eigenvalue weighted by atomic mass is 79.9. The maximum atomic E-state index is 11.7. The lowest BCUT2D eigenvalue weighted by Gasteiger charge is -2.07. The lowest BCUT2D eigenvalue weighted by atomic mass is 10.2. The number of nitro groups is 1. The fraction of sp³-hybridized carbons (Fsp3) is 0.0714. The van der Waals surface area contributed by atoms with Gasteiger partial charge in [0.2, 0.25) is 0 Å². The van der Waals surface area contributed by atoms with Gasteiger partial charge in [-0.1, -0.05) is 22.0 Å². The van der Waals surface area contributed by atoms with Crippen LogP contribution >= 0.6 is 15.9 Å². The van der Waals surface area contributed by atoms with Crippen LogP contribution in [-0.4, -0.2) is 11.0 Å². The van der Waals surface area contributed by atoms with Crippen LogP contribution in [0.5, 0.6) is 5.75 Å². The number of anilines is 1. The summed E-state index contributed by atoms with van der Waals surface area (Å²) in [4.78, 5) is 22.1. The summed E-state index contributed by atoms with van der Waals surface area (Å²) in [5.74, 6) is 0.373. The molecule has 1 N–H and O–H groups in total. The molecular weight excluding hydrogens is 340 g/mol. The third-order valence-corrected chi connectivity index (χ3v) is 3.21. The van der Waals surface area contributed by atoms with E-state index in [9.17, 15) is 14.9 Å². The van der Waals surface area contributed by atoms with Crippen LogP contribution in [0.4, 0.5) is 16.2 Å². The number of amides is 1. The van der Waals surface area contributed by atoms with Gasteiger partial charge in [-0.05, 0) is 37.3 Å². The van der Waals surface area contributed by atoms with E-state index in [1.165, 1.54) is 6.07 Å². The number of carbonyl (C=O) groups is 1. The predicted molar refractivity (Wildman–Crippen MR) is 81.6 cm³/mol. The number of hydrogen-bond donors (Lipinski definition) is 1. The molecule has 0 spiro atoms. The quantitative estimate of drug-likeness (QED) is 0.661. The Balaban J connectivity index is 2.07. The molecule has 7 heteroatoms. The van der Waals surface area contributed by atoms with E-state index in [2.05, 4.69) is 21.2 Å². The summed E-state index contributed by atoms with van der Waals surface area (Å²) in [7, 11) is 0. The molecule has 0 unspecified atom stereocenters. The molecule has 0 aliphatic carbocycles. The second-order valence-corrected chi connectivity index (χ2v) is 5.14. The average Bonchev–Trinajstić information content (AvgIpc) is 2.43. The Morgan fingerprint density at radius 2 is 1.90 bits per heavy atom. The summed E-state index contributed by atoms with van der Waals surface area (Å²) < 4.78 is 5.93. The highest BCUT2D eigenvalue weighted by Gasteiger charge is 2.13. The van der Waals surface area contributed by atoms with Crippen molar-refractivity contribution in [1.82, 2.24) is 0 Å². The lowest BCUT2D eigenvalue weighted by Crippen LogP contribution is -2.16. The highest BCUT2D eigenvalue weighted by molar-refractivity contribution is 9.10. The summed E-state index contributed by atoms with van der Waals surface area (Å²) in [5, 5.41) is 13.3. The largest absolute Gasteiger partial charge is 0.417 e. The number of nitrogens with one attached hydrogen (secondary N) is 1. The van der Waals surface area contributed by atoms with Gasteiger partial charge in [0.15, 0.2) is 0 Å². The van der Waals surface area contributed by atoms with Gasteiger partial charge in [-0.3, -0.25) is 15.4 Å². The minimum Gasteiger partial charge on any atom is -0.410 e. The zero-order valence-corrected chi connectivity index (χ0v) is 12.6. The molecule has 2 rings (SSSR count). The summed E-state index contributed by atoms with van der Waals surface area (Å²) >= 11 is 3.27. The number of nitro benzene ring substituents is 1. The van der Waals surface area contributed by atoms with Crippen molar-refractivity contribution in [2.45, 2.75) is 6.92 Å². The van der Waals surface area contributed by atoms with Gasteiger partial charge in [-0.25, -0.2) is 4.79 Å². The van der Waals surface area contributed by atoms with Crippen molar-refractivity contribution in [3.8, 4) is 5.75 Å². The summed E-state index contributed by atoms with van der Waals surface area (Å²) in [6.45, 7) is 1.63. The first kappa shape index (κ1) is 15.0. The molecule has 21 heavy (non-hydrogen) atoms. The number of aryl methyl sites for hydroxylation is 1. The lowest BCUT2D eigenvalue weighted by molar-refractivity contribution is -0.385. The average molecular weight is 351 g/mol. The summed E-state index contributed by atoms with van der Waals surface area (Å²) in [5.41, 5.74) is 0.762. The van der Waals surface area contributed by atoms with Gasteiger partial charge in [0.1, 0.15) is 5.75 Å². The van der Waals surface area contributed by atoms with Crippen molar-refractivity contribution in [1.29, 1.82) is 0 Å². The minimum atomic E-state index is -0.713. The first-order valence-electron chi connectivity index (χ1n) is 5.95. The van der Waals surface area contributed by atoms with Crippen LogP contribution in [-0.2, 0) is 0 Å². The van der Waals surface area contributed by atoms with Crippen LogP contribution in [0, 0.1) is 17.0 Å². The maximum Gasteiger partial charge on any atom is 0.417 e. The zero-order valence-electron chi connectivity index (χ0n) is 11.0. The molecule has 0 aliphatic heterocycles. The Morgan fingerprint density at radius 1 is 1.24 bits per heavy atom. The fourth-order valence-corrected chi connectivity index (χ4v) is 1.90. The smallest absolute Gasteiger partial charge is 0.410 e. The number of rotatable bonds is 3. The van der Waals surface area contributed by atoms with E-state index in [4.69, 9.17) is 4.74 Å². The third kappa shape index (κ3) is 4.03. The standard InChI is InChI=1S/C14H11BrN2O4/c1-9-2-5-11(8-13(9)17(19)20)16-14(18)21-12-6-3-10(15)4-7-12/h2-8H,1H3,(H,16,18). The van der Waals surface area contributed by atoms with E-state index in [0.29, 0.717) is 17.0 Å². The molecule has 6 nitrogen and oxygen atoms in total. The van der Waals surface area contributed by atoms with Gasteiger partial charge in [0, 0.05) is 16.1 Å². The molecule has 0 saturated heterocycles. The normalized spacial score (nSPS) is 10.0. The van der Waals surface area contributed by atoms with Gasteiger partial charge in [-0.2, -0.15) is 0 Å². The third-order valence-electron chi connectivity index (χ3n) is 2.68. The SMILES string of the molecule is Cc1ccc(NC(=O)Oc2ccc(Br)cc2)cc1[N+](=O)[O-]. The predicted octanol–water partition coefficient (Wildman–Crippen LogP) is 4.28. The Morgan fingerprint density at radius 3 is 2.52 bits per heavy atom. The zero-order chi connectivity index (χ0) is 15.4. The first-order valence-corrected chi connectivity index (χ1v) is 6.74. The van der Waals surface area contributed by atoms with E-state index < -0.39 is 11.0 Å². The van der Waals surface area contributed by atoms with Gasteiger partial charge < -0.3 is 4.74 Å².